The summed E-state index contributed by atoms with van der Waals surface area (Å²) >= 11 is 0. The van der Waals surface area contributed by atoms with E-state index in [9.17, 15) is 9.59 Å². The first-order chi connectivity index (χ1) is 15.0. The third-order valence-electron chi connectivity index (χ3n) is 6.05. The summed E-state index contributed by atoms with van der Waals surface area (Å²) in [5.74, 6) is 0.329. The van der Waals surface area contributed by atoms with E-state index in [0.29, 0.717) is 11.4 Å². The number of aryl methyl sites for hydroxylation is 1. The average molecular weight is 420 g/mol. The summed E-state index contributed by atoms with van der Waals surface area (Å²) in [6.45, 7) is 6.28. The number of carbonyl (C=O) groups excluding carboxylic acids is 2. The third-order valence-corrected chi connectivity index (χ3v) is 6.05. The summed E-state index contributed by atoms with van der Waals surface area (Å²) in [6.07, 6.45) is 1.23. The Balaban J connectivity index is 1.60. The Morgan fingerprint density at radius 1 is 1.13 bits per heavy atom. The second-order valence-corrected chi connectivity index (χ2v) is 8.05. The zero-order valence-corrected chi connectivity index (χ0v) is 18.3. The normalized spacial score (nSPS) is 15.6. The number of ether oxygens (including phenoxy) is 1. The van der Waals surface area contributed by atoms with Crippen LogP contribution in [0.4, 0.5) is 5.69 Å². The summed E-state index contributed by atoms with van der Waals surface area (Å²) in [6, 6.07) is 15.5. The van der Waals surface area contributed by atoms with E-state index in [1.54, 1.807) is 4.90 Å². The van der Waals surface area contributed by atoms with Crippen molar-refractivity contribution in [3.63, 3.8) is 0 Å². The lowest BCUT2D eigenvalue weighted by molar-refractivity contribution is -0.129. The molecule has 1 unspecified atom stereocenters. The maximum Gasteiger partial charge on any atom is 0.263 e. The van der Waals surface area contributed by atoms with E-state index in [4.69, 9.17) is 4.74 Å². The smallest absolute Gasteiger partial charge is 0.263 e. The number of nitrogens with zero attached hydrogens (tertiary/aromatic N) is 1. The standard InChI is InChI=1S/C25H29N3O3/c1-4-17(5-2)27-25(30)23-15-28(21-12-8-9-13-22(21)31-23)24(29)14-19-16(3)26-20-11-7-6-10-18(19)20/h6-13,17,23,26H,4-5,14-15H2,1-3H3,(H,27,30). The largest absolute Gasteiger partial charge is 0.477 e. The van der Waals surface area contributed by atoms with Gasteiger partial charge in [0.25, 0.3) is 5.91 Å². The first-order valence-electron chi connectivity index (χ1n) is 10.9. The molecule has 1 atom stereocenters. The molecule has 162 valence electrons. The van der Waals surface area contributed by atoms with Gasteiger partial charge in [0, 0.05) is 22.6 Å². The second kappa shape index (κ2) is 8.84. The molecular weight excluding hydrogens is 390 g/mol. The number of carbonyl (C=O) groups is 2. The third kappa shape index (κ3) is 4.15. The molecule has 0 saturated carbocycles. The first kappa shape index (κ1) is 21.0. The molecule has 0 fully saturated rings. The molecule has 0 aliphatic carbocycles. The van der Waals surface area contributed by atoms with Gasteiger partial charge in [0.2, 0.25) is 5.91 Å². The summed E-state index contributed by atoms with van der Waals surface area (Å²) in [4.78, 5) is 31.4. The van der Waals surface area contributed by atoms with E-state index in [0.717, 1.165) is 35.0 Å². The molecule has 4 rings (SSSR count). The minimum absolute atomic E-state index is 0.0519. The molecule has 0 saturated heterocycles. The van der Waals surface area contributed by atoms with Gasteiger partial charge in [0.05, 0.1) is 18.7 Å². The van der Waals surface area contributed by atoms with Crippen molar-refractivity contribution in [1.29, 1.82) is 0 Å². The average Bonchev–Trinajstić information content (AvgIpc) is 3.11. The number of hydrogen-bond acceptors (Lipinski definition) is 3. The van der Waals surface area contributed by atoms with Gasteiger partial charge in [-0.1, -0.05) is 44.2 Å². The molecule has 2 amide bonds. The van der Waals surface area contributed by atoms with Gasteiger partial charge >= 0.3 is 0 Å². The Hall–Kier alpha value is -3.28. The fourth-order valence-corrected chi connectivity index (χ4v) is 4.20. The van der Waals surface area contributed by atoms with Gasteiger partial charge in [-0.25, -0.2) is 0 Å². The molecule has 1 aliphatic heterocycles. The van der Waals surface area contributed by atoms with Crippen molar-refractivity contribution in [3.05, 3.63) is 59.8 Å². The molecule has 1 aliphatic rings. The summed E-state index contributed by atoms with van der Waals surface area (Å²) in [5, 5.41) is 4.10. The van der Waals surface area contributed by atoms with E-state index < -0.39 is 6.10 Å². The van der Waals surface area contributed by atoms with Crippen LogP contribution in [0.3, 0.4) is 0 Å². The number of rotatable bonds is 6. The Morgan fingerprint density at radius 2 is 1.84 bits per heavy atom. The molecule has 1 aromatic heterocycles. The van der Waals surface area contributed by atoms with Gasteiger partial charge in [0.15, 0.2) is 6.10 Å². The van der Waals surface area contributed by atoms with Crippen molar-refractivity contribution in [1.82, 2.24) is 10.3 Å². The van der Waals surface area contributed by atoms with E-state index in [2.05, 4.69) is 10.3 Å². The van der Waals surface area contributed by atoms with Crippen LogP contribution in [0.5, 0.6) is 5.75 Å². The van der Waals surface area contributed by atoms with Gasteiger partial charge < -0.3 is 19.9 Å². The minimum Gasteiger partial charge on any atom is -0.477 e. The lowest BCUT2D eigenvalue weighted by Gasteiger charge is -2.35. The molecule has 2 N–H and O–H groups in total. The molecule has 6 nitrogen and oxygen atoms in total. The summed E-state index contributed by atoms with van der Waals surface area (Å²) in [7, 11) is 0. The van der Waals surface area contributed by atoms with Crippen LogP contribution in [-0.4, -0.2) is 35.5 Å². The number of fused-ring (bicyclic) bond motifs is 2. The topological polar surface area (TPSA) is 74.4 Å². The molecule has 0 bridgehead atoms. The molecule has 0 spiro atoms. The zero-order valence-electron chi connectivity index (χ0n) is 18.3. The molecule has 3 aromatic rings. The van der Waals surface area contributed by atoms with Crippen molar-refractivity contribution < 1.29 is 14.3 Å². The quantitative estimate of drug-likeness (QED) is 0.631. The maximum absolute atomic E-state index is 13.5. The van der Waals surface area contributed by atoms with E-state index >= 15 is 0 Å². The van der Waals surface area contributed by atoms with Crippen LogP contribution in [0.15, 0.2) is 48.5 Å². The van der Waals surface area contributed by atoms with Crippen molar-refractivity contribution in [3.8, 4) is 5.75 Å². The van der Waals surface area contributed by atoms with Gasteiger partial charge in [-0.2, -0.15) is 0 Å². The zero-order chi connectivity index (χ0) is 22.0. The first-order valence-corrected chi connectivity index (χ1v) is 10.9. The van der Waals surface area contributed by atoms with Gasteiger partial charge in [-0.05, 0) is 43.5 Å². The van der Waals surface area contributed by atoms with E-state index in [-0.39, 0.29) is 30.8 Å². The molecule has 6 heteroatoms. The van der Waals surface area contributed by atoms with Crippen molar-refractivity contribution >= 4 is 28.4 Å². The molecule has 31 heavy (non-hydrogen) atoms. The molecule has 0 radical (unpaired) electrons. The summed E-state index contributed by atoms with van der Waals surface area (Å²) in [5.41, 5.74) is 3.70. The number of benzene rings is 2. The van der Waals surface area contributed by atoms with Crippen molar-refractivity contribution in [2.45, 2.75) is 52.2 Å². The number of hydrogen-bond donors (Lipinski definition) is 2. The summed E-state index contributed by atoms with van der Waals surface area (Å²) < 4.78 is 5.98. The fourth-order valence-electron chi connectivity index (χ4n) is 4.20. The van der Waals surface area contributed by atoms with E-state index in [1.807, 2.05) is 69.3 Å². The highest BCUT2D eigenvalue weighted by Gasteiger charge is 2.34. The highest BCUT2D eigenvalue weighted by molar-refractivity contribution is 6.00. The van der Waals surface area contributed by atoms with Gasteiger partial charge in [0.1, 0.15) is 5.75 Å². The minimum atomic E-state index is -0.733. The Morgan fingerprint density at radius 3 is 2.61 bits per heavy atom. The highest BCUT2D eigenvalue weighted by Crippen LogP contribution is 2.34. The lowest BCUT2D eigenvalue weighted by Crippen LogP contribution is -2.52. The lowest BCUT2D eigenvalue weighted by atomic mass is 10.1. The number of aromatic nitrogens is 1. The van der Waals surface area contributed by atoms with Crippen LogP contribution in [-0.2, 0) is 16.0 Å². The number of nitrogens with one attached hydrogen (secondary N) is 2. The van der Waals surface area contributed by atoms with Crippen LogP contribution in [0.2, 0.25) is 0 Å². The van der Waals surface area contributed by atoms with Crippen molar-refractivity contribution in [2.75, 3.05) is 11.4 Å². The Kier molecular flexibility index (Phi) is 5.98. The predicted octanol–water partition coefficient (Wildman–Crippen LogP) is 4.12. The van der Waals surface area contributed by atoms with Crippen molar-refractivity contribution in [2.24, 2.45) is 0 Å². The SMILES string of the molecule is CCC(CC)NC(=O)C1CN(C(=O)Cc2c(C)[nH]c3ccccc23)c2ccccc2O1. The Bertz CT molecular complexity index is 1100. The van der Waals surface area contributed by atoms with Crippen LogP contribution >= 0.6 is 0 Å². The monoisotopic (exact) mass is 419 g/mol. The Labute approximate surface area is 182 Å². The van der Waals surface area contributed by atoms with Crippen LogP contribution in [0.1, 0.15) is 37.9 Å². The molecule has 2 heterocycles. The fraction of sp³-hybridized carbons (Fsp3) is 0.360. The van der Waals surface area contributed by atoms with Gasteiger partial charge in [-0.3, -0.25) is 9.59 Å². The van der Waals surface area contributed by atoms with Crippen LogP contribution < -0.4 is 15.0 Å². The van der Waals surface area contributed by atoms with Crippen LogP contribution in [0, 0.1) is 6.92 Å². The number of para-hydroxylation sites is 3. The highest BCUT2D eigenvalue weighted by atomic mass is 16.5. The maximum atomic E-state index is 13.5. The predicted molar refractivity (Wildman–Crippen MR) is 122 cm³/mol. The number of aromatic amines is 1. The number of amides is 2. The number of anilines is 1. The van der Waals surface area contributed by atoms with Gasteiger partial charge in [-0.15, -0.1) is 0 Å². The second-order valence-electron chi connectivity index (χ2n) is 8.05. The van der Waals surface area contributed by atoms with Crippen LogP contribution in [0.25, 0.3) is 10.9 Å². The van der Waals surface area contributed by atoms with E-state index in [1.165, 1.54) is 0 Å². The molecule has 2 aromatic carbocycles. The molecular formula is C25H29N3O3. The number of H-pyrrole nitrogens is 1.